The van der Waals surface area contributed by atoms with Crippen molar-refractivity contribution < 1.29 is 0 Å². The number of aromatic nitrogens is 4. The molecule has 4 rings (SSSR count). The molecule has 0 aliphatic rings. The van der Waals surface area contributed by atoms with Crippen LogP contribution in [-0.4, -0.2) is 20.0 Å². The molecule has 0 saturated carbocycles. The fourth-order valence-electron chi connectivity index (χ4n) is 2.90. The van der Waals surface area contributed by atoms with Gasteiger partial charge in [0.2, 0.25) is 0 Å². The van der Waals surface area contributed by atoms with Crippen LogP contribution in [-0.2, 0) is 0 Å². The molecule has 2 aromatic carbocycles. The summed E-state index contributed by atoms with van der Waals surface area (Å²) in [5, 5.41) is 12.1. The van der Waals surface area contributed by atoms with Gasteiger partial charge in [0, 0.05) is 5.56 Å². The predicted octanol–water partition coefficient (Wildman–Crippen LogP) is 3.39. The second-order valence-corrected chi connectivity index (χ2v) is 5.82. The Hall–Kier alpha value is -3.21. The number of nitrogens with zero attached hydrogens (tertiary/aromatic N) is 3. The molecule has 0 radical (unpaired) electrons. The van der Waals surface area contributed by atoms with Gasteiger partial charge in [-0.1, -0.05) is 48.0 Å². The van der Waals surface area contributed by atoms with E-state index in [0.717, 1.165) is 28.0 Å². The van der Waals surface area contributed by atoms with Crippen LogP contribution in [0.25, 0.3) is 27.8 Å². The van der Waals surface area contributed by atoms with E-state index in [4.69, 9.17) is 0 Å². The van der Waals surface area contributed by atoms with E-state index >= 15 is 0 Å². The van der Waals surface area contributed by atoms with Gasteiger partial charge in [-0.3, -0.25) is 4.79 Å². The third-order valence-electron chi connectivity index (χ3n) is 4.16. The molecule has 0 unspecified atom stereocenters. The SMILES string of the molecule is Cc1ccc(-n2nc3c(=O)[nH]nc(-c4ccccc4)c3c2C)cc1. The molecule has 0 spiro atoms. The molecule has 5 nitrogen and oxygen atoms in total. The highest BCUT2D eigenvalue weighted by molar-refractivity contribution is 5.94. The zero-order valence-electron chi connectivity index (χ0n) is 13.4. The lowest BCUT2D eigenvalue weighted by molar-refractivity contribution is 0.857. The number of hydrogen-bond acceptors (Lipinski definition) is 3. The summed E-state index contributed by atoms with van der Waals surface area (Å²) in [4.78, 5) is 12.2. The maximum absolute atomic E-state index is 12.2. The molecule has 1 N–H and O–H groups in total. The third-order valence-corrected chi connectivity index (χ3v) is 4.16. The molecule has 0 atom stereocenters. The van der Waals surface area contributed by atoms with Crippen LogP contribution in [0.1, 0.15) is 11.3 Å². The summed E-state index contributed by atoms with van der Waals surface area (Å²) >= 11 is 0. The molecule has 2 heterocycles. The van der Waals surface area contributed by atoms with E-state index in [-0.39, 0.29) is 5.56 Å². The van der Waals surface area contributed by atoms with Gasteiger partial charge in [0.1, 0.15) is 5.69 Å². The van der Waals surface area contributed by atoms with E-state index < -0.39 is 0 Å². The highest BCUT2D eigenvalue weighted by Crippen LogP contribution is 2.28. The van der Waals surface area contributed by atoms with E-state index in [1.54, 1.807) is 4.68 Å². The van der Waals surface area contributed by atoms with Crippen molar-refractivity contribution in [2.45, 2.75) is 13.8 Å². The average molecular weight is 316 g/mol. The van der Waals surface area contributed by atoms with Crippen LogP contribution in [0, 0.1) is 13.8 Å². The molecular formula is C19H16N4O. The minimum absolute atomic E-state index is 0.279. The van der Waals surface area contributed by atoms with Crippen molar-refractivity contribution in [3.8, 4) is 16.9 Å². The quantitative estimate of drug-likeness (QED) is 0.616. The molecule has 0 aliphatic heterocycles. The van der Waals surface area contributed by atoms with Gasteiger partial charge in [0.25, 0.3) is 5.56 Å². The van der Waals surface area contributed by atoms with Gasteiger partial charge in [-0.05, 0) is 26.0 Å². The van der Waals surface area contributed by atoms with Gasteiger partial charge >= 0.3 is 0 Å². The van der Waals surface area contributed by atoms with Crippen molar-refractivity contribution in [3.63, 3.8) is 0 Å². The number of nitrogens with one attached hydrogen (secondary N) is 1. The molecular weight excluding hydrogens is 300 g/mol. The summed E-state index contributed by atoms with van der Waals surface area (Å²) in [6.07, 6.45) is 0. The third kappa shape index (κ3) is 2.22. The average Bonchev–Trinajstić information content (AvgIpc) is 2.96. The number of hydrogen-bond donors (Lipinski definition) is 1. The van der Waals surface area contributed by atoms with E-state index in [0.29, 0.717) is 5.52 Å². The number of aryl methyl sites for hydroxylation is 2. The first-order chi connectivity index (χ1) is 11.6. The summed E-state index contributed by atoms with van der Waals surface area (Å²) in [5.41, 5.74) is 4.81. The van der Waals surface area contributed by atoms with Gasteiger partial charge in [-0.2, -0.15) is 10.2 Å². The fourth-order valence-corrected chi connectivity index (χ4v) is 2.90. The summed E-state index contributed by atoms with van der Waals surface area (Å²) in [6.45, 7) is 4.00. The van der Waals surface area contributed by atoms with Crippen LogP contribution in [0.3, 0.4) is 0 Å². The Labute approximate surface area is 138 Å². The Morgan fingerprint density at radius 1 is 0.958 bits per heavy atom. The minimum Gasteiger partial charge on any atom is -0.265 e. The standard InChI is InChI=1S/C19H16N4O/c1-12-8-10-15(11-9-12)23-13(2)16-17(14-6-4-3-5-7-14)20-21-19(24)18(16)22-23/h3-11H,1-2H3,(H,21,24). The van der Waals surface area contributed by atoms with Gasteiger partial charge in [-0.25, -0.2) is 9.78 Å². The second-order valence-electron chi connectivity index (χ2n) is 5.82. The molecule has 5 heteroatoms. The zero-order valence-corrected chi connectivity index (χ0v) is 13.4. The number of H-pyrrole nitrogens is 1. The Morgan fingerprint density at radius 3 is 2.38 bits per heavy atom. The normalized spacial score (nSPS) is 11.1. The molecule has 0 bridgehead atoms. The minimum atomic E-state index is -0.279. The number of benzene rings is 2. The van der Waals surface area contributed by atoms with Gasteiger partial charge < -0.3 is 0 Å². The Balaban J connectivity index is 2.03. The summed E-state index contributed by atoms with van der Waals surface area (Å²) in [5.74, 6) is 0. The summed E-state index contributed by atoms with van der Waals surface area (Å²) in [7, 11) is 0. The van der Waals surface area contributed by atoms with Crippen LogP contribution in [0.4, 0.5) is 0 Å². The predicted molar refractivity (Wildman–Crippen MR) is 94.4 cm³/mol. The number of rotatable bonds is 2. The lowest BCUT2D eigenvalue weighted by Gasteiger charge is -2.05. The van der Waals surface area contributed by atoms with Crippen molar-refractivity contribution >= 4 is 10.9 Å². The topological polar surface area (TPSA) is 63.6 Å². The second kappa shape index (κ2) is 5.45. The smallest absolute Gasteiger partial charge is 0.265 e. The van der Waals surface area contributed by atoms with Gasteiger partial charge in [0.15, 0.2) is 5.52 Å². The van der Waals surface area contributed by atoms with E-state index in [2.05, 4.69) is 15.3 Å². The molecule has 24 heavy (non-hydrogen) atoms. The van der Waals surface area contributed by atoms with Crippen LogP contribution >= 0.6 is 0 Å². The van der Waals surface area contributed by atoms with Crippen molar-refractivity contribution in [1.82, 2.24) is 20.0 Å². The van der Waals surface area contributed by atoms with Crippen LogP contribution in [0.2, 0.25) is 0 Å². The zero-order chi connectivity index (χ0) is 16.7. The maximum atomic E-state index is 12.2. The van der Waals surface area contributed by atoms with Crippen molar-refractivity contribution in [1.29, 1.82) is 0 Å². The van der Waals surface area contributed by atoms with Crippen LogP contribution in [0.5, 0.6) is 0 Å². The Bertz CT molecular complexity index is 1080. The lowest BCUT2D eigenvalue weighted by Crippen LogP contribution is -2.09. The van der Waals surface area contributed by atoms with Gasteiger partial charge in [0.05, 0.1) is 16.8 Å². The number of fused-ring (bicyclic) bond motifs is 1. The van der Waals surface area contributed by atoms with Gasteiger partial charge in [-0.15, -0.1) is 0 Å². The largest absolute Gasteiger partial charge is 0.292 e. The molecule has 0 amide bonds. The molecule has 118 valence electrons. The Morgan fingerprint density at radius 2 is 1.67 bits per heavy atom. The highest BCUT2D eigenvalue weighted by atomic mass is 16.1. The fraction of sp³-hybridized carbons (Fsp3) is 0.105. The summed E-state index contributed by atoms with van der Waals surface area (Å²) < 4.78 is 1.80. The van der Waals surface area contributed by atoms with Crippen LogP contribution in [0.15, 0.2) is 59.4 Å². The van der Waals surface area contributed by atoms with E-state index in [1.807, 2.05) is 68.4 Å². The molecule has 2 aromatic heterocycles. The van der Waals surface area contributed by atoms with Crippen LogP contribution < -0.4 is 5.56 Å². The molecule has 0 fully saturated rings. The Kier molecular flexibility index (Phi) is 3.27. The van der Waals surface area contributed by atoms with E-state index in [1.165, 1.54) is 5.56 Å². The number of aromatic amines is 1. The lowest BCUT2D eigenvalue weighted by atomic mass is 10.1. The molecule has 0 saturated heterocycles. The molecule has 0 aliphatic carbocycles. The monoisotopic (exact) mass is 316 g/mol. The van der Waals surface area contributed by atoms with Crippen molar-refractivity contribution in [2.75, 3.05) is 0 Å². The highest BCUT2D eigenvalue weighted by Gasteiger charge is 2.17. The molecule has 4 aromatic rings. The summed E-state index contributed by atoms with van der Waals surface area (Å²) in [6, 6.07) is 17.9. The van der Waals surface area contributed by atoms with E-state index in [9.17, 15) is 4.79 Å². The first-order valence-electron chi connectivity index (χ1n) is 7.75. The van der Waals surface area contributed by atoms with Crippen molar-refractivity contribution in [2.24, 2.45) is 0 Å². The van der Waals surface area contributed by atoms with Crippen molar-refractivity contribution in [3.05, 3.63) is 76.2 Å². The first-order valence-corrected chi connectivity index (χ1v) is 7.75. The first kappa shape index (κ1) is 14.4. The maximum Gasteiger partial charge on any atom is 0.292 e.